The summed E-state index contributed by atoms with van der Waals surface area (Å²) in [6.07, 6.45) is 4.29. The van der Waals surface area contributed by atoms with Crippen molar-refractivity contribution in [1.82, 2.24) is 20.1 Å². The van der Waals surface area contributed by atoms with E-state index in [4.69, 9.17) is 0 Å². The Bertz CT molecular complexity index is 516. The molecule has 1 aromatic heterocycles. The van der Waals surface area contributed by atoms with Crippen LogP contribution in [0.2, 0.25) is 0 Å². The summed E-state index contributed by atoms with van der Waals surface area (Å²) in [5, 5.41) is 17.0. The van der Waals surface area contributed by atoms with Crippen LogP contribution >= 0.6 is 0 Å². The third kappa shape index (κ3) is 2.87. The minimum absolute atomic E-state index is 0.284. The highest BCUT2D eigenvalue weighted by molar-refractivity contribution is 5.25. The smallest absolute Gasteiger partial charge is 0.164 e. The molecule has 5 nitrogen and oxygen atoms in total. The largest absolute Gasteiger partial charge is 0.508 e. The number of nitrogens with one attached hydrogen (secondary N) is 1. The van der Waals surface area contributed by atoms with Gasteiger partial charge in [0, 0.05) is 6.04 Å². The quantitative estimate of drug-likeness (QED) is 0.831. The van der Waals surface area contributed by atoms with Gasteiger partial charge in [0.2, 0.25) is 0 Å². The lowest BCUT2D eigenvalue weighted by molar-refractivity contribution is 0.475. The zero-order valence-electron chi connectivity index (χ0n) is 10.1. The topological polar surface area (TPSA) is 63.0 Å². The third-order valence-electron chi connectivity index (χ3n) is 2.99. The number of nitrogens with zero attached hydrogens (tertiary/aromatic N) is 3. The summed E-state index contributed by atoms with van der Waals surface area (Å²) in [6.45, 7) is 1.42. The lowest BCUT2D eigenvalue weighted by Gasteiger charge is -2.01. The number of phenols is 1. The maximum Gasteiger partial charge on any atom is 0.164 e. The van der Waals surface area contributed by atoms with Crippen molar-refractivity contribution in [3.63, 3.8) is 0 Å². The van der Waals surface area contributed by atoms with E-state index in [2.05, 4.69) is 15.4 Å². The average molecular weight is 244 g/mol. The van der Waals surface area contributed by atoms with E-state index in [0.29, 0.717) is 12.6 Å². The first-order valence-corrected chi connectivity index (χ1v) is 6.19. The first-order valence-electron chi connectivity index (χ1n) is 6.19. The first kappa shape index (κ1) is 11.2. The van der Waals surface area contributed by atoms with Crippen molar-refractivity contribution in [1.29, 1.82) is 0 Å². The molecule has 1 heterocycles. The second kappa shape index (κ2) is 4.78. The summed E-state index contributed by atoms with van der Waals surface area (Å²) >= 11 is 0. The number of aromatic nitrogens is 3. The van der Waals surface area contributed by atoms with Gasteiger partial charge in [-0.15, -0.1) is 0 Å². The summed E-state index contributed by atoms with van der Waals surface area (Å²) in [5.74, 6) is 1.12. The predicted molar refractivity (Wildman–Crippen MR) is 67.1 cm³/mol. The van der Waals surface area contributed by atoms with Gasteiger partial charge in [0.15, 0.2) is 5.82 Å². The predicted octanol–water partition coefficient (Wildman–Crippen LogP) is 1.28. The SMILES string of the molecule is Oc1ccc(Cn2cnc(CNC3CC3)n2)cc1. The van der Waals surface area contributed by atoms with E-state index in [1.54, 1.807) is 18.5 Å². The van der Waals surface area contributed by atoms with Crippen LogP contribution in [0.15, 0.2) is 30.6 Å². The van der Waals surface area contributed by atoms with E-state index >= 15 is 0 Å². The normalized spacial score (nSPS) is 14.9. The Morgan fingerprint density at radius 3 is 2.78 bits per heavy atom. The Balaban J connectivity index is 1.60. The minimum atomic E-state index is 0.284. The first-order chi connectivity index (χ1) is 8.79. The fraction of sp³-hybridized carbons (Fsp3) is 0.385. The maximum atomic E-state index is 9.21. The van der Waals surface area contributed by atoms with Gasteiger partial charge < -0.3 is 10.4 Å². The van der Waals surface area contributed by atoms with Crippen molar-refractivity contribution in [3.8, 4) is 5.75 Å². The number of rotatable bonds is 5. The molecule has 0 amide bonds. The highest BCUT2D eigenvalue weighted by Crippen LogP contribution is 2.18. The van der Waals surface area contributed by atoms with E-state index in [0.717, 1.165) is 17.9 Å². The molecule has 2 N–H and O–H groups in total. The Morgan fingerprint density at radius 1 is 1.28 bits per heavy atom. The highest BCUT2D eigenvalue weighted by atomic mass is 16.3. The van der Waals surface area contributed by atoms with E-state index in [1.807, 2.05) is 16.8 Å². The summed E-state index contributed by atoms with van der Waals surface area (Å²) in [6, 6.07) is 7.82. The van der Waals surface area contributed by atoms with Crippen molar-refractivity contribution in [2.45, 2.75) is 32.0 Å². The van der Waals surface area contributed by atoms with E-state index < -0.39 is 0 Å². The third-order valence-corrected chi connectivity index (χ3v) is 2.99. The van der Waals surface area contributed by atoms with Crippen LogP contribution in [0.25, 0.3) is 0 Å². The van der Waals surface area contributed by atoms with E-state index in [-0.39, 0.29) is 5.75 Å². The monoisotopic (exact) mass is 244 g/mol. The number of hydrogen-bond acceptors (Lipinski definition) is 4. The molecule has 0 saturated heterocycles. The van der Waals surface area contributed by atoms with Crippen LogP contribution < -0.4 is 5.32 Å². The van der Waals surface area contributed by atoms with Crippen LogP contribution in [0.5, 0.6) is 5.75 Å². The van der Waals surface area contributed by atoms with Crippen molar-refractivity contribution in [2.75, 3.05) is 0 Å². The van der Waals surface area contributed by atoms with Crippen molar-refractivity contribution >= 4 is 0 Å². The number of hydrogen-bond donors (Lipinski definition) is 2. The molecule has 0 radical (unpaired) electrons. The molecule has 94 valence electrons. The number of benzene rings is 1. The van der Waals surface area contributed by atoms with Crippen LogP contribution in [0.3, 0.4) is 0 Å². The molecule has 2 aromatic rings. The van der Waals surface area contributed by atoms with Crippen molar-refractivity contribution < 1.29 is 5.11 Å². The van der Waals surface area contributed by atoms with Gasteiger partial charge in [0.1, 0.15) is 12.1 Å². The fourth-order valence-electron chi connectivity index (χ4n) is 1.80. The Hall–Kier alpha value is -1.88. The van der Waals surface area contributed by atoms with Gasteiger partial charge in [-0.3, -0.25) is 0 Å². The van der Waals surface area contributed by atoms with Crippen LogP contribution in [-0.2, 0) is 13.1 Å². The standard InChI is InChI=1S/C13H16N4O/c18-12-5-1-10(2-6-12)8-17-9-15-13(16-17)7-14-11-3-4-11/h1-2,5-6,9,11,14,18H,3-4,7-8H2. The molecule has 1 aliphatic carbocycles. The molecule has 3 rings (SSSR count). The van der Waals surface area contributed by atoms with E-state index in [1.165, 1.54) is 12.8 Å². The van der Waals surface area contributed by atoms with Crippen LogP contribution in [0.1, 0.15) is 24.2 Å². The second-order valence-corrected chi connectivity index (χ2v) is 4.68. The Kier molecular flexibility index (Phi) is 2.98. The molecule has 1 aromatic carbocycles. The second-order valence-electron chi connectivity index (χ2n) is 4.68. The van der Waals surface area contributed by atoms with Crippen molar-refractivity contribution in [3.05, 3.63) is 42.0 Å². The minimum Gasteiger partial charge on any atom is -0.508 e. The molecule has 0 unspecified atom stereocenters. The fourth-order valence-corrected chi connectivity index (χ4v) is 1.80. The number of phenolic OH excluding ortho intramolecular Hbond substituents is 1. The summed E-state index contributed by atoms with van der Waals surface area (Å²) < 4.78 is 1.82. The van der Waals surface area contributed by atoms with E-state index in [9.17, 15) is 5.11 Å². The van der Waals surface area contributed by atoms with Crippen LogP contribution in [0.4, 0.5) is 0 Å². The van der Waals surface area contributed by atoms with Gasteiger partial charge in [-0.05, 0) is 30.5 Å². The molecular weight excluding hydrogens is 228 g/mol. The molecule has 0 atom stereocenters. The molecule has 1 saturated carbocycles. The highest BCUT2D eigenvalue weighted by Gasteiger charge is 2.20. The zero-order chi connectivity index (χ0) is 12.4. The molecule has 0 spiro atoms. The molecule has 1 aliphatic rings. The molecule has 18 heavy (non-hydrogen) atoms. The number of aromatic hydroxyl groups is 1. The van der Waals surface area contributed by atoms with Crippen LogP contribution in [0, 0.1) is 0 Å². The molecular formula is C13H16N4O. The Morgan fingerprint density at radius 2 is 2.06 bits per heavy atom. The van der Waals surface area contributed by atoms with Gasteiger partial charge in [0.05, 0.1) is 13.1 Å². The van der Waals surface area contributed by atoms with Gasteiger partial charge in [-0.25, -0.2) is 9.67 Å². The lowest BCUT2D eigenvalue weighted by atomic mass is 10.2. The summed E-state index contributed by atoms with van der Waals surface area (Å²) in [4.78, 5) is 4.27. The van der Waals surface area contributed by atoms with Crippen LogP contribution in [-0.4, -0.2) is 25.9 Å². The summed E-state index contributed by atoms with van der Waals surface area (Å²) in [5.41, 5.74) is 1.10. The summed E-state index contributed by atoms with van der Waals surface area (Å²) in [7, 11) is 0. The van der Waals surface area contributed by atoms with Gasteiger partial charge in [0.25, 0.3) is 0 Å². The molecule has 0 aliphatic heterocycles. The lowest BCUT2D eigenvalue weighted by Crippen LogP contribution is -2.16. The molecule has 5 heteroatoms. The Labute approximate surface area is 105 Å². The zero-order valence-corrected chi connectivity index (χ0v) is 10.1. The average Bonchev–Trinajstić information content (AvgIpc) is 3.10. The van der Waals surface area contributed by atoms with Gasteiger partial charge >= 0.3 is 0 Å². The molecule has 1 fully saturated rings. The van der Waals surface area contributed by atoms with Crippen molar-refractivity contribution in [2.24, 2.45) is 0 Å². The molecule has 0 bridgehead atoms. The van der Waals surface area contributed by atoms with Gasteiger partial charge in [-0.2, -0.15) is 5.10 Å². The van der Waals surface area contributed by atoms with Gasteiger partial charge in [-0.1, -0.05) is 12.1 Å². The maximum absolute atomic E-state index is 9.21.